The van der Waals surface area contributed by atoms with E-state index in [9.17, 15) is 12.8 Å². The number of nitrogens with zero attached hydrogens (tertiary/aromatic N) is 2. The van der Waals surface area contributed by atoms with Gasteiger partial charge in [-0.25, -0.2) is 12.8 Å². The van der Waals surface area contributed by atoms with Crippen molar-refractivity contribution in [3.63, 3.8) is 0 Å². The maximum Gasteiger partial charge on any atom is 0.206 e. The van der Waals surface area contributed by atoms with E-state index in [1.807, 2.05) is 12.1 Å². The zero-order valence-electron chi connectivity index (χ0n) is 15.0. The summed E-state index contributed by atoms with van der Waals surface area (Å²) in [6.07, 6.45) is 2.10. The minimum absolute atomic E-state index is 0.127. The molecule has 1 saturated heterocycles. The lowest BCUT2D eigenvalue weighted by atomic mass is 9.91. The predicted molar refractivity (Wildman–Crippen MR) is 100.0 cm³/mol. The fraction of sp³-hybridized carbons (Fsp3) is 0.400. The Morgan fingerprint density at radius 3 is 2.35 bits per heavy atom. The van der Waals surface area contributed by atoms with Crippen molar-refractivity contribution >= 4 is 15.5 Å². The molecule has 2 aromatic carbocycles. The average Bonchev–Trinajstić information content (AvgIpc) is 2.76. The molecule has 0 amide bonds. The quantitative estimate of drug-likeness (QED) is 0.757. The van der Waals surface area contributed by atoms with E-state index in [1.165, 1.54) is 24.3 Å². The lowest BCUT2D eigenvalue weighted by molar-refractivity contribution is 0.345. The number of likely N-dealkylation sites (tertiary alicyclic amines) is 1. The van der Waals surface area contributed by atoms with Crippen LogP contribution in [0.15, 0.2) is 52.3 Å². The fourth-order valence-corrected chi connectivity index (χ4v) is 5.59. The molecule has 0 spiro atoms. The molecule has 0 saturated carbocycles. The Labute approximate surface area is 154 Å². The second-order valence-electron chi connectivity index (χ2n) is 7.34. The van der Waals surface area contributed by atoms with Crippen molar-refractivity contribution in [1.29, 1.82) is 0 Å². The van der Waals surface area contributed by atoms with E-state index in [0.717, 1.165) is 37.2 Å². The van der Waals surface area contributed by atoms with Crippen LogP contribution in [-0.2, 0) is 9.84 Å². The molecule has 4 nitrogen and oxygen atoms in total. The van der Waals surface area contributed by atoms with Crippen LogP contribution in [0.1, 0.15) is 24.3 Å². The summed E-state index contributed by atoms with van der Waals surface area (Å²) in [5.74, 6) is -0.0896. The van der Waals surface area contributed by atoms with Gasteiger partial charge in [-0.15, -0.1) is 0 Å². The SMILES string of the molecule is CN1CC[C@@H]2[C@@H](CC1)c1cc(S(=O)(=O)c3ccc(F)cc3)ccc1N2C. The molecule has 2 aromatic rings. The third kappa shape index (κ3) is 2.81. The molecule has 0 aromatic heterocycles. The van der Waals surface area contributed by atoms with Crippen molar-refractivity contribution in [1.82, 2.24) is 4.90 Å². The number of benzene rings is 2. The highest BCUT2D eigenvalue weighted by atomic mass is 32.2. The third-order valence-electron chi connectivity index (χ3n) is 5.80. The van der Waals surface area contributed by atoms with Crippen molar-refractivity contribution in [2.75, 3.05) is 32.1 Å². The van der Waals surface area contributed by atoms with Gasteiger partial charge < -0.3 is 9.80 Å². The molecule has 0 bridgehead atoms. The Morgan fingerprint density at radius 2 is 1.62 bits per heavy atom. The maximum absolute atomic E-state index is 13.2. The van der Waals surface area contributed by atoms with Gasteiger partial charge in [0.1, 0.15) is 5.82 Å². The van der Waals surface area contributed by atoms with E-state index in [0.29, 0.717) is 12.0 Å². The summed E-state index contributed by atoms with van der Waals surface area (Å²) in [5.41, 5.74) is 2.25. The molecule has 1 fully saturated rings. The van der Waals surface area contributed by atoms with Crippen LogP contribution in [-0.4, -0.2) is 46.5 Å². The molecule has 0 aliphatic carbocycles. The first kappa shape index (κ1) is 17.5. The summed E-state index contributed by atoms with van der Waals surface area (Å²) in [7, 11) is 0.588. The Balaban J connectivity index is 1.75. The van der Waals surface area contributed by atoms with E-state index >= 15 is 0 Å². The average molecular weight is 374 g/mol. The second kappa shape index (κ2) is 6.35. The van der Waals surface area contributed by atoms with E-state index in [2.05, 4.69) is 23.9 Å². The molecule has 2 aliphatic rings. The van der Waals surface area contributed by atoms with Gasteiger partial charge in [-0.3, -0.25) is 0 Å². The number of anilines is 1. The Hall–Kier alpha value is -1.92. The number of hydrogen-bond acceptors (Lipinski definition) is 4. The molecular weight excluding hydrogens is 351 g/mol. The van der Waals surface area contributed by atoms with Gasteiger partial charge >= 0.3 is 0 Å². The topological polar surface area (TPSA) is 40.6 Å². The minimum Gasteiger partial charge on any atom is -0.371 e. The fourth-order valence-electron chi connectivity index (χ4n) is 4.29. The molecule has 138 valence electrons. The first-order valence-corrected chi connectivity index (χ1v) is 10.4. The third-order valence-corrected chi connectivity index (χ3v) is 7.57. The van der Waals surface area contributed by atoms with Crippen LogP contribution in [0.5, 0.6) is 0 Å². The number of halogens is 1. The van der Waals surface area contributed by atoms with Crippen LogP contribution in [0, 0.1) is 5.82 Å². The van der Waals surface area contributed by atoms with E-state index in [4.69, 9.17) is 0 Å². The number of hydrogen-bond donors (Lipinski definition) is 0. The first-order chi connectivity index (χ1) is 12.4. The summed E-state index contributed by atoms with van der Waals surface area (Å²) in [5, 5.41) is 0. The molecule has 2 heterocycles. The minimum atomic E-state index is -3.65. The molecule has 2 atom stereocenters. The standard InChI is InChI=1S/C20H23FN2O2S/c1-22-11-9-17-18-13-16(7-8-19(18)23(2)20(17)10-12-22)26(24,25)15-5-3-14(21)4-6-15/h3-8,13,17,20H,9-12H2,1-2H3/t17-,20+/m0/s1. The van der Waals surface area contributed by atoms with Gasteiger partial charge in [-0.05, 0) is 81.0 Å². The summed E-state index contributed by atoms with van der Waals surface area (Å²) in [6, 6.07) is 10.9. The van der Waals surface area contributed by atoms with E-state index in [-0.39, 0.29) is 9.79 Å². The molecule has 6 heteroatoms. The number of likely N-dealkylation sites (N-methyl/N-ethyl adjacent to an activating group) is 1. The van der Waals surface area contributed by atoms with Crippen LogP contribution in [0.25, 0.3) is 0 Å². The highest BCUT2D eigenvalue weighted by Crippen LogP contribution is 2.45. The molecule has 4 rings (SSSR count). The molecule has 26 heavy (non-hydrogen) atoms. The van der Waals surface area contributed by atoms with Gasteiger partial charge in [0.05, 0.1) is 9.79 Å². The van der Waals surface area contributed by atoms with E-state index < -0.39 is 15.7 Å². The van der Waals surface area contributed by atoms with E-state index in [1.54, 1.807) is 6.07 Å². The molecular formula is C20H23FN2O2S. The van der Waals surface area contributed by atoms with Crippen LogP contribution in [0.3, 0.4) is 0 Å². The molecule has 0 radical (unpaired) electrons. The lowest BCUT2D eigenvalue weighted by Gasteiger charge is -2.25. The van der Waals surface area contributed by atoms with Crippen LogP contribution in [0.4, 0.5) is 10.1 Å². The van der Waals surface area contributed by atoms with Crippen molar-refractivity contribution in [3.8, 4) is 0 Å². The monoisotopic (exact) mass is 374 g/mol. The summed E-state index contributed by atoms with van der Waals surface area (Å²) >= 11 is 0. The lowest BCUT2D eigenvalue weighted by Crippen LogP contribution is -2.31. The summed E-state index contributed by atoms with van der Waals surface area (Å²) in [4.78, 5) is 5.05. The molecule has 0 N–H and O–H groups in total. The number of sulfone groups is 1. The summed E-state index contributed by atoms with van der Waals surface area (Å²) in [6.45, 7) is 2.07. The zero-order valence-corrected chi connectivity index (χ0v) is 15.8. The zero-order chi connectivity index (χ0) is 18.5. The van der Waals surface area contributed by atoms with Crippen molar-refractivity contribution in [2.45, 2.75) is 34.6 Å². The highest BCUT2D eigenvalue weighted by molar-refractivity contribution is 7.91. The van der Waals surface area contributed by atoms with Crippen molar-refractivity contribution in [3.05, 3.63) is 53.8 Å². The largest absolute Gasteiger partial charge is 0.371 e. The predicted octanol–water partition coefficient (Wildman–Crippen LogP) is 3.29. The maximum atomic E-state index is 13.2. The van der Waals surface area contributed by atoms with Gasteiger partial charge in [-0.1, -0.05) is 0 Å². The van der Waals surface area contributed by atoms with Gasteiger partial charge in [-0.2, -0.15) is 0 Å². The number of fused-ring (bicyclic) bond motifs is 3. The van der Waals surface area contributed by atoms with Crippen LogP contribution < -0.4 is 4.90 Å². The molecule has 0 unspecified atom stereocenters. The van der Waals surface area contributed by atoms with Gasteiger partial charge in [0.2, 0.25) is 9.84 Å². The normalized spacial score (nSPS) is 23.4. The Kier molecular flexibility index (Phi) is 4.28. The molecule has 2 aliphatic heterocycles. The second-order valence-corrected chi connectivity index (χ2v) is 9.29. The Morgan fingerprint density at radius 1 is 0.962 bits per heavy atom. The van der Waals surface area contributed by atoms with Crippen LogP contribution >= 0.6 is 0 Å². The summed E-state index contributed by atoms with van der Waals surface area (Å²) < 4.78 is 39.1. The highest BCUT2D eigenvalue weighted by Gasteiger charge is 2.38. The number of rotatable bonds is 2. The first-order valence-electron chi connectivity index (χ1n) is 8.94. The van der Waals surface area contributed by atoms with Crippen molar-refractivity contribution in [2.24, 2.45) is 0 Å². The van der Waals surface area contributed by atoms with Gasteiger partial charge in [0.25, 0.3) is 0 Å². The van der Waals surface area contributed by atoms with Gasteiger partial charge in [0, 0.05) is 24.7 Å². The van der Waals surface area contributed by atoms with Crippen molar-refractivity contribution < 1.29 is 12.8 Å². The Bertz CT molecular complexity index is 927. The smallest absolute Gasteiger partial charge is 0.206 e. The van der Waals surface area contributed by atoms with Crippen LogP contribution in [0.2, 0.25) is 0 Å². The van der Waals surface area contributed by atoms with Gasteiger partial charge in [0.15, 0.2) is 0 Å².